The van der Waals surface area contributed by atoms with Gasteiger partial charge in [0.2, 0.25) is 5.91 Å². The quantitative estimate of drug-likeness (QED) is 0.156. The van der Waals surface area contributed by atoms with E-state index in [1.165, 1.54) is 9.80 Å². The van der Waals surface area contributed by atoms with E-state index >= 15 is 0 Å². The summed E-state index contributed by atoms with van der Waals surface area (Å²) >= 11 is 0. The molecule has 1 aromatic carbocycles. The molecule has 1 aromatic rings. The Morgan fingerprint density at radius 1 is 1.21 bits per heavy atom. The molecule has 2 rings (SSSR count). The van der Waals surface area contributed by atoms with Crippen LogP contribution in [-0.4, -0.2) is 98.1 Å². The molecule has 0 saturated carbocycles. The zero-order valence-corrected chi connectivity index (χ0v) is 19.5. The molecule has 186 valence electrons. The zero-order valence-electron chi connectivity index (χ0n) is 19.5. The Hall–Kier alpha value is -3.87. The Morgan fingerprint density at radius 2 is 1.88 bits per heavy atom. The molecular formula is C21H31N7O6. The first-order valence-electron chi connectivity index (χ1n) is 10.7. The SMILES string of the molecule is CN(C)CCN(C)C(=O)ON=C(N)c1ccc(N2CCC(NC(=O)NCCC(=O)O)C2=O)cc1. The molecule has 0 aliphatic carbocycles. The van der Waals surface area contributed by atoms with Gasteiger partial charge in [0, 0.05) is 44.5 Å². The fourth-order valence-corrected chi connectivity index (χ4v) is 3.03. The lowest BCUT2D eigenvalue weighted by Gasteiger charge is -2.18. The third kappa shape index (κ3) is 7.92. The molecule has 0 aromatic heterocycles. The molecule has 4 amide bonds. The molecule has 1 unspecified atom stereocenters. The monoisotopic (exact) mass is 477 g/mol. The summed E-state index contributed by atoms with van der Waals surface area (Å²) in [5.74, 6) is -1.30. The average molecular weight is 478 g/mol. The third-order valence-corrected chi connectivity index (χ3v) is 5.03. The summed E-state index contributed by atoms with van der Waals surface area (Å²) in [7, 11) is 5.39. The first-order chi connectivity index (χ1) is 16.1. The maximum atomic E-state index is 12.7. The van der Waals surface area contributed by atoms with Crippen LogP contribution in [0.1, 0.15) is 18.4 Å². The first-order valence-corrected chi connectivity index (χ1v) is 10.7. The molecule has 0 spiro atoms. The second-order valence-corrected chi connectivity index (χ2v) is 7.98. The molecule has 1 fully saturated rings. The number of nitrogens with two attached hydrogens (primary N) is 1. The highest BCUT2D eigenvalue weighted by molar-refractivity contribution is 6.02. The van der Waals surface area contributed by atoms with E-state index < -0.39 is 24.1 Å². The number of carboxylic acids is 1. The van der Waals surface area contributed by atoms with Crippen LogP contribution in [0.5, 0.6) is 0 Å². The molecular weight excluding hydrogens is 446 g/mol. The van der Waals surface area contributed by atoms with E-state index in [4.69, 9.17) is 15.7 Å². The summed E-state index contributed by atoms with van der Waals surface area (Å²) in [6.45, 7) is 1.52. The highest BCUT2D eigenvalue weighted by Crippen LogP contribution is 2.22. The van der Waals surface area contributed by atoms with Crippen LogP contribution in [0, 0.1) is 0 Å². The number of amides is 4. The zero-order chi connectivity index (χ0) is 25.3. The van der Waals surface area contributed by atoms with Gasteiger partial charge in [-0.2, -0.15) is 0 Å². The van der Waals surface area contributed by atoms with Gasteiger partial charge in [0.1, 0.15) is 6.04 Å². The molecule has 13 nitrogen and oxygen atoms in total. The Labute approximate surface area is 197 Å². The van der Waals surface area contributed by atoms with E-state index in [2.05, 4.69) is 15.8 Å². The number of oxime groups is 1. The number of urea groups is 1. The summed E-state index contributed by atoms with van der Waals surface area (Å²) in [5.41, 5.74) is 7.02. The van der Waals surface area contributed by atoms with Gasteiger partial charge in [-0.15, -0.1) is 0 Å². The van der Waals surface area contributed by atoms with Crippen molar-refractivity contribution in [3.8, 4) is 0 Å². The Kier molecular flexibility index (Phi) is 9.62. The fraction of sp³-hybridized carbons (Fsp3) is 0.476. The minimum absolute atomic E-state index is 0.00577. The number of carboxylic acid groups (broad SMARTS) is 1. The van der Waals surface area contributed by atoms with Crippen LogP contribution in [0.15, 0.2) is 29.4 Å². The number of nitrogens with one attached hydrogen (secondary N) is 2. The van der Waals surface area contributed by atoms with E-state index in [1.807, 2.05) is 19.0 Å². The van der Waals surface area contributed by atoms with Crippen molar-refractivity contribution < 1.29 is 29.1 Å². The number of carbonyl (C=O) groups excluding carboxylic acids is 3. The van der Waals surface area contributed by atoms with Crippen LogP contribution in [0.25, 0.3) is 0 Å². The molecule has 5 N–H and O–H groups in total. The number of nitrogens with zero attached hydrogens (tertiary/aromatic N) is 4. The van der Waals surface area contributed by atoms with Gasteiger partial charge in [0.25, 0.3) is 0 Å². The van der Waals surface area contributed by atoms with Crippen molar-refractivity contribution >= 4 is 35.5 Å². The van der Waals surface area contributed by atoms with Crippen LogP contribution in [-0.2, 0) is 14.4 Å². The van der Waals surface area contributed by atoms with E-state index in [9.17, 15) is 19.2 Å². The van der Waals surface area contributed by atoms with Crippen LogP contribution in [0.2, 0.25) is 0 Å². The molecule has 1 aliphatic heterocycles. The molecule has 0 radical (unpaired) electrons. The predicted molar refractivity (Wildman–Crippen MR) is 124 cm³/mol. The van der Waals surface area contributed by atoms with Gasteiger partial charge in [-0.25, -0.2) is 9.59 Å². The number of hydrogen-bond acceptors (Lipinski definition) is 7. The summed E-state index contributed by atoms with van der Waals surface area (Å²) in [6, 6.07) is 5.34. The highest BCUT2D eigenvalue weighted by Gasteiger charge is 2.33. The standard InChI is InChI=1S/C21H31N7O6/c1-26(2)12-13-27(3)21(33)34-25-18(22)14-4-6-15(7-5-14)28-11-9-16(19(28)31)24-20(32)23-10-8-17(29)30/h4-7,16H,8-13H2,1-3H3,(H2,22,25)(H,29,30)(H2,23,24,32). The largest absolute Gasteiger partial charge is 0.481 e. The van der Waals surface area contributed by atoms with Gasteiger partial charge < -0.3 is 36.2 Å². The lowest BCUT2D eigenvalue weighted by molar-refractivity contribution is -0.136. The van der Waals surface area contributed by atoms with Crippen LogP contribution in [0.4, 0.5) is 15.3 Å². The van der Waals surface area contributed by atoms with E-state index in [1.54, 1.807) is 31.3 Å². The maximum absolute atomic E-state index is 12.7. The maximum Gasteiger partial charge on any atom is 0.435 e. The van der Waals surface area contributed by atoms with Gasteiger partial charge >= 0.3 is 18.1 Å². The van der Waals surface area contributed by atoms with Gasteiger partial charge in [-0.3, -0.25) is 14.4 Å². The average Bonchev–Trinajstić information content (AvgIpc) is 3.15. The van der Waals surface area contributed by atoms with E-state index in [0.717, 1.165) is 0 Å². The predicted octanol–water partition coefficient (Wildman–Crippen LogP) is -0.184. The summed E-state index contributed by atoms with van der Waals surface area (Å²) in [5, 5.41) is 17.2. The van der Waals surface area contributed by atoms with Crippen molar-refractivity contribution in [3.05, 3.63) is 29.8 Å². The molecule has 1 aliphatic rings. The third-order valence-electron chi connectivity index (χ3n) is 5.03. The van der Waals surface area contributed by atoms with E-state index in [0.29, 0.717) is 37.3 Å². The molecule has 0 bridgehead atoms. The lowest BCUT2D eigenvalue weighted by Crippen LogP contribution is -2.46. The van der Waals surface area contributed by atoms with Gasteiger partial charge in [0.15, 0.2) is 5.84 Å². The highest BCUT2D eigenvalue weighted by atomic mass is 16.7. The molecule has 1 atom stereocenters. The summed E-state index contributed by atoms with van der Waals surface area (Å²) < 4.78 is 0. The number of hydrogen-bond donors (Lipinski definition) is 4. The van der Waals surface area contributed by atoms with E-state index in [-0.39, 0.29) is 24.7 Å². The van der Waals surface area contributed by atoms with Crippen LogP contribution < -0.4 is 21.3 Å². The summed E-state index contributed by atoms with van der Waals surface area (Å²) in [6.07, 6.45) is -0.425. The van der Waals surface area contributed by atoms with Crippen molar-refractivity contribution in [2.45, 2.75) is 18.9 Å². The number of aliphatic carboxylic acids is 1. The van der Waals surface area contributed by atoms with Crippen LogP contribution >= 0.6 is 0 Å². The van der Waals surface area contributed by atoms with Gasteiger partial charge in [-0.1, -0.05) is 5.16 Å². The molecule has 1 heterocycles. The lowest BCUT2D eigenvalue weighted by atomic mass is 10.2. The smallest absolute Gasteiger partial charge is 0.435 e. The number of benzene rings is 1. The number of likely N-dealkylation sites (N-methyl/N-ethyl adjacent to an activating group) is 2. The second kappa shape index (κ2) is 12.4. The number of carbonyl (C=O) groups is 4. The molecule has 13 heteroatoms. The Balaban J connectivity index is 1.89. The molecule has 1 saturated heterocycles. The molecule has 34 heavy (non-hydrogen) atoms. The van der Waals surface area contributed by atoms with Gasteiger partial charge in [-0.05, 0) is 44.8 Å². The first kappa shape index (κ1) is 26.4. The number of anilines is 1. The van der Waals surface area contributed by atoms with Gasteiger partial charge in [0.05, 0.1) is 6.42 Å². The normalized spacial score (nSPS) is 15.9. The number of amidine groups is 1. The minimum atomic E-state index is -1.02. The Morgan fingerprint density at radius 3 is 2.50 bits per heavy atom. The van der Waals surface area contributed by atoms with Crippen molar-refractivity contribution in [1.82, 2.24) is 20.4 Å². The minimum Gasteiger partial charge on any atom is -0.481 e. The second-order valence-electron chi connectivity index (χ2n) is 7.98. The van der Waals surface area contributed by atoms with Crippen molar-refractivity contribution in [2.75, 3.05) is 52.2 Å². The topological polar surface area (TPSA) is 170 Å². The van der Waals surface area contributed by atoms with Crippen molar-refractivity contribution in [3.63, 3.8) is 0 Å². The van der Waals surface area contributed by atoms with Crippen molar-refractivity contribution in [2.24, 2.45) is 10.9 Å². The van der Waals surface area contributed by atoms with Crippen LogP contribution in [0.3, 0.4) is 0 Å². The Bertz CT molecular complexity index is 919. The number of rotatable bonds is 10. The van der Waals surface area contributed by atoms with Crippen molar-refractivity contribution in [1.29, 1.82) is 0 Å². The fourth-order valence-electron chi connectivity index (χ4n) is 3.03. The summed E-state index contributed by atoms with van der Waals surface area (Å²) in [4.78, 5) is 56.7.